The van der Waals surface area contributed by atoms with Crippen molar-refractivity contribution in [1.82, 2.24) is 0 Å². The van der Waals surface area contributed by atoms with E-state index >= 15 is 0 Å². The lowest BCUT2D eigenvalue weighted by Gasteiger charge is -2.15. The van der Waals surface area contributed by atoms with E-state index in [2.05, 4.69) is 36.9 Å². The number of halogens is 3. The SMILES string of the molecule is CCOc1cc(/C=C2\N=C(c3ccccc3Cl)OC2=O)cc(Br)c1OCc1ccccc1Br. The first-order valence-electron chi connectivity index (χ1n) is 10.1. The lowest BCUT2D eigenvalue weighted by atomic mass is 10.1. The maximum Gasteiger partial charge on any atom is 0.363 e. The molecule has 0 aromatic heterocycles. The van der Waals surface area contributed by atoms with Crippen molar-refractivity contribution in [2.75, 3.05) is 6.61 Å². The Balaban J connectivity index is 1.63. The average Bonchev–Trinajstić information content (AvgIpc) is 3.14. The van der Waals surface area contributed by atoms with Crippen molar-refractivity contribution in [2.45, 2.75) is 13.5 Å². The predicted molar refractivity (Wildman–Crippen MR) is 136 cm³/mol. The van der Waals surface area contributed by atoms with Gasteiger partial charge in [-0.2, -0.15) is 0 Å². The molecule has 0 saturated heterocycles. The molecule has 4 rings (SSSR count). The summed E-state index contributed by atoms with van der Waals surface area (Å²) in [6.45, 7) is 2.71. The number of ether oxygens (including phenoxy) is 3. The Morgan fingerprint density at radius 3 is 2.55 bits per heavy atom. The highest BCUT2D eigenvalue weighted by Gasteiger charge is 2.26. The first kappa shape index (κ1) is 23.5. The first-order valence-corrected chi connectivity index (χ1v) is 12.0. The largest absolute Gasteiger partial charge is 0.490 e. The highest BCUT2D eigenvalue weighted by atomic mass is 79.9. The summed E-state index contributed by atoms with van der Waals surface area (Å²) in [6, 6.07) is 18.5. The Kier molecular flexibility index (Phi) is 7.53. The highest BCUT2D eigenvalue weighted by molar-refractivity contribution is 9.10. The van der Waals surface area contributed by atoms with Gasteiger partial charge in [-0.3, -0.25) is 0 Å². The van der Waals surface area contributed by atoms with Gasteiger partial charge < -0.3 is 14.2 Å². The molecule has 0 bridgehead atoms. The molecule has 5 nitrogen and oxygen atoms in total. The molecular weight excluding hydrogens is 574 g/mol. The van der Waals surface area contributed by atoms with Crippen LogP contribution in [0.15, 0.2) is 80.3 Å². The second-order valence-electron chi connectivity index (χ2n) is 6.96. The lowest BCUT2D eigenvalue weighted by Crippen LogP contribution is -2.05. The number of carbonyl (C=O) groups is 1. The van der Waals surface area contributed by atoms with Gasteiger partial charge in [-0.15, -0.1) is 0 Å². The van der Waals surface area contributed by atoms with E-state index in [0.29, 0.717) is 45.3 Å². The van der Waals surface area contributed by atoms with Crippen molar-refractivity contribution in [3.8, 4) is 11.5 Å². The number of benzene rings is 3. The number of carbonyl (C=O) groups excluding carboxylic acids is 1. The minimum Gasteiger partial charge on any atom is -0.490 e. The fourth-order valence-electron chi connectivity index (χ4n) is 3.16. The van der Waals surface area contributed by atoms with Crippen LogP contribution >= 0.6 is 43.5 Å². The van der Waals surface area contributed by atoms with Gasteiger partial charge in [0.15, 0.2) is 17.2 Å². The second kappa shape index (κ2) is 10.5. The standard InChI is InChI=1S/C25H18Br2ClNO4/c1-2-31-22-13-15(11-19(27)23(22)32-14-16-7-3-5-9-18(16)26)12-21-25(30)33-24(29-21)17-8-4-6-10-20(17)28/h3-13H,2,14H2,1H3/b21-12-. The number of aliphatic imine (C=N–C) groups is 1. The molecule has 1 aliphatic heterocycles. The molecule has 8 heteroatoms. The number of nitrogens with zero attached hydrogens (tertiary/aromatic N) is 1. The van der Waals surface area contributed by atoms with Gasteiger partial charge in [0.1, 0.15) is 6.61 Å². The molecule has 33 heavy (non-hydrogen) atoms. The quantitative estimate of drug-likeness (QED) is 0.216. The number of rotatable bonds is 7. The van der Waals surface area contributed by atoms with Gasteiger partial charge in [0.25, 0.3) is 0 Å². The normalized spacial score (nSPS) is 14.2. The molecule has 0 radical (unpaired) electrons. The Hall–Kier alpha value is -2.61. The van der Waals surface area contributed by atoms with Gasteiger partial charge in [-0.25, -0.2) is 9.79 Å². The van der Waals surface area contributed by atoms with Crippen LogP contribution in [0.2, 0.25) is 5.02 Å². The van der Waals surface area contributed by atoms with E-state index in [1.165, 1.54) is 0 Å². The van der Waals surface area contributed by atoms with Crippen LogP contribution in [0.5, 0.6) is 11.5 Å². The van der Waals surface area contributed by atoms with Crippen LogP contribution in [0.3, 0.4) is 0 Å². The average molecular weight is 592 g/mol. The van der Waals surface area contributed by atoms with Gasteiger partial charge in [0.05, 0.1) is 21.7 Å². The molecule has 0 N–H and O–H groups in total. The molecule has 0 aliphatic carbocycles. The molecule has 0 atom stereocenters. The van der Waals surface area contributed by atoms with Crippen molar-refractivity contribution in [3.63, 3.8) is 0 Å². The maximum absolute atomic E-state index is 12.4. The summed E-state index contributed by atoms with van der Waals surface area (Å²) in [7, 11) is 0. The summed E-state index contributed by atoms with van der Waals surface area (Å²) in [6.07, 6.45) is 1.64. The summed E-state index contributed by atoms with van der Waals surface area (Å²) in [5, 5.41) is 0.457. The number of hydrogen-bond acceptors (Lipinski definition) is 5. The summed E-state index contributed by atoms with van der Waals surface area (Å²) >= 11 is 13.3. The van der Waals surface area contributed by atoms with Gasteiger partial charge in [0.2, 0.25) is 5.90 Å². The smallest absolute Gasteiger partial charge is 0.363 e. The zero-order chi connectivity index (χ0) is 23.4. The van der Waals surface area contributed by atoms with Crippen molar-refractivity contribution in [2.24, 2.45) is 4.99 Å². The van der Waals surface area contributed by atoms with Crippen LogP contribution in [0, 0.1) is 0 Å². The number of cyclic esters (lactones) is 1. The maximum atomic E-state index is 12.4. The number of esters is 1. The van der Waals surface area contributed by atoms with Gasteiger partial charge >= 0.3 is 5.97 Å². The Morgan fingerprint density at radius 1 is 1.03 bits per heavy atom. The predicted octanol–water partition coefficient (Wildman–Crippen LogP) is 7.19. The molecule has 0 saturated carbocycles. The molecule has 3 aromatic rings. The minimum absolute atomic E-state index is 0.168. The summed E-state index contributed by atoms with van der Waals surface area (Å²) in [5.41, 5.74) is 2.44. The van der Waals surface area contributed by atoms with Crippen molar-refractivity contribution in [3.05, 3.63) is 97.0 Å². The third kappa shape index (κ3) is 5.49. The monoisotopic (exact) mass is 589 g/mol. The van der Waals surface area contributed by atoms with E-state index < -0.39 is 5.97 Å². The molecule has 3 aromatic carbocycles. The zero-order valence-corrected chi connectivity index (χ0v) is 21.4. The van der Waals surface area contributed by atoms with Crippen molar-refractivity contribution < 1.29 is 19.0 Å². The molecule has 1 heterocycles. The first-order chi connectivity index (χ1) is 16.0. The van der Waals surface area contributed by atoms with E-state index in [1.807, 2.05) is 37.3 Å². The van der Waals surface area contributed by atoms with E-state index in [1.54, 1.807) is 36.4 Å². The molecule has 0 amide bonds. The highest BCUT2D eigenvalue weighted by Crippen LogP contribution is 2.38. The third-order valence-electron chi connectivity index (χ3n) is 4.69. The Bertz CT molecular complexity index is 1270. The van der Waals surface area contributed by atoms with Crippen molar-refractivity contribution >= 4 is 61.4 Å². The van der Waals surface area contributed by atoms with Crippen LogP contribution in [0.25, 0.3) is 6.08 Å². The number of hydrogen-bond donors (Lipinski definition) is 0. The van der Waals surface area contributed by atoms with Gasteiger partial charge in [0, 0.05) is 10.0 Å². The van der Waals surface area contributed by atoms with Gasteiger partial charge in [-0.1, -0.05) is 57.9 Å². The van der Waals surface area contributed by atoms with Crippen LogP contribution < -0.4 is 9.47 Å². The van der Waals surface area contributed by atoms with Crippen LogP contribution in [-0.4, -0.2) is 18.5 Å². The molecule has 0 spiro atoms. The molecule has 1 aliphatic rings. The van der Waals surface area contributed by atoms with E-state index in [0.717, 1.165) is 10.0 Å². The molecular formula is C25H18Br2ClNO4. The van der Waals surface area contributed by atoms with Crippen LogP contribution in [0.4, 0.5) is 0 Å². The Morgan fingerprint density at radius 2 is 1.79 bits per heavy atom. The molecule has 0 fully saturated rings. The topological polar surface area (TPSA) is 57.1 Å². The zero-order valence-electron chi connectivity index (χ0n) is 17.5. The molecule has 168 valence electrons. The van der Waals surface area contributed by atoms with Crippen molar-refractivity contribution in [1.29, 1.82) is 0 Å². The van der Waals surface area contributed by atoms with Crippen LogP contribution in [-0.2, 0) is 16.1 Å². The third-order valence-corrected chi connectivity index (χ3v) is 6.38. The lowest BCUT2D eigenvalue weighted by molar-refractivity contribution is -0.129. The summed E-state index contributed by atoms with van der Waals surface area (Å²) in [5.74, 6) is 0.749. The van der Waals surface area contributed by atoms with E-state index in [4.69, 9.17) is 25.8 Å². The summed E-state index contributed by atoms with van der Waals surface area (Å²) in [4.78, 5) is 16.7. The second-order valence-corrected chi connectivity index (χ2v) is 9.07. The fraction of sp³-hybridized carbons (Fsp3) is 0.120. The minimum atomic E-state index is -0.548. The fourth-order valence-corrected chi connectivity index (χ4v) is 4.35. The van der Waals surface area contributed by atoms with E-state index in [9.17, 15) is 4.79 Å². The molecule has 0 unspecified atom stereocenters. The van der Waals surface area contributed by atoms with Gasteiger partial charge in [-0.05, 0) is 64.8 Å². The Labute approximate surface area is 213 Å². The van der Waals surface area contributed by atoms with E-state index in [-0.39, 0.29) is 11.6 Å². The summed E-state index contributed by atoms with van der Waals surface area (Å²) < 4.78 is 18.9. The van der Waals surface area contributed by atoms with Crippen LogP contribution in [0.1, 0.15) is 23.6 Å².